The number of hydrogen-bond acceptors (Lipinski definition) is 5. The highest BCUT2D eigenvalue weighted by atomic mass is 16.5. The van der Waals surface area contributed by atoms with Gasteiger partial charge in [-0.1, -0.05) is 12.1 Å². The molecule has 2 rings (SSSR count). The molecular formula is C19H23NO5. The molecule has 0 saturated carbocycles. The van der Waals surface area contributed by atoms with Crippen LogP contribution in [0.3, 0.4) is 0 Å². The van der Waals surface area contributed by atoms with E-state index in [9.17, 15) is 9.90 Å². The molecule has 0 saturated heterocycles. The molecule has 2 aromatic carbocycles. The van der Waals surface area contributed by atoms with E-state index < -0.39 is 6.10 Å². The molecular weight excluding hydrogens is 322 g/mol. The average Bonchev–Trinajstić information content (AvgIpc) is 2.66. The quantitative estimate of drug-likeness (QED) is 0.835. The second kappa shape index (κ2) is 8.39. The van der Waals surface area contributed by atoms with Crippen molar-refractivity contribution in [2.45, 2.75) is 6.10 Å². The number of benzene rings is 2. The predicted octanol–water partition coefficient (Wildman–Crippen LogP) is 2.52. The van der Waals surface area contributed by atoms with Crippen LogP contribution in [0, 0.1) is 0 Å². The fourth-order valence-corrected chi connectivity index (χ4v) is 2.49. The van der Waals surface area contributed by atoms with E-state index in [-0.39, 0.29) is 12.5 Å². The minimum atomic E-state index is -0.816. The number of hydrogen-bond donors (Lipinski definition) is 1. The summed E-state index contributed by atoms with van der Waals surface area (Å²) in [5.41, 5.74) is 1.14. The summed E-state index contributed by atoms with van der Waals surface area (Å²) in [6.45, 7) is 0.153. The molecule has 25 heavy (non-hydrogen) atoms. The van der Waals surface area contributed by atoms with Gasteiger partial charge in [0.05, 0.1) is 34.0 Å². The number of carbonyl (C=O) groups excluding carboxylic acids is 1. The number of carbonyl (C=O) groups is 1. The minimum absolute atomic E-state index is 0.153. The maximum atomic E-state index is 12.6. The van der Waals surface area contributed by atoms with Crippen molar-refractivity contribution in [1.82, 2.24) is 4.90 Å². The minimum Gasteiger partial charge on any atom is -0.497 e. The average molecular weight is 345 g/mol. The van der Waals surface area contributed by atoms with Gasteiger partial charge in [0.15, 0.2) is 11.5 Å². The first-order chi connectivity index (χ1) is 12.0. The van der Waals surface area contributed by atoms with Gasteiger partial charge in [0, 0.05) is 12.6 Å². The summed E-state index contributed by atoms with van der Waals surface area (Å²) in [7, 11) is 6.26. The first-order valence-electron chi connectivity index (χ1n) is 7.79. The smallest absolute Gasteiger partial charge is 0.253 e. The second-order valence-electron chi connectivity index (χ2n) is 5.55. The number of nitrogens with zero attached hydrogens (tertiary/aromatic N) is 1. The van der Waals surface area contributed by atoms with E-state index in [0.29, 0.717) is 28.4 Å². The van der Waals surface area contributed by atoms with E-state index in [0.717, 1.165) is 0 Å². The molecule has 0 bridgehead atoms. The molecule has 6 nitrogen and oxygen atoms in total. The van der Waals surface area contributed by atoms with Crippen LogP contribution in [0.5, 0.6) is 17.2 Å². The molecule has 0 spiro atoms. The van der Waals surface area contributed by atoms with Crippen molar-refractivity contribution in [3.05, 3.63) is 53.6 Å². The third-order valence-electron chi connectivity index (χ3n) is 3.90. The highest BCUT2D eigenvalue weighted by Crippen LogP contribution is 2.28. The Morgan fingerprint density at radius 3 is 2.40 bits per heavy atom. The van der Waals surface area contributed by atoms with Crippen LogP contribution in [0.15, 0.2) is 42.5 Å². The van der Waals surface area contributed by atoms with Crippen molar-refractivity contribution in [3.63, 3.8) is 0 Å². The van der Waals surface area contributed by atoms with Crippen LogP contribution in [-0.4, -0.2) is 50.8 Å². The van der Waals surface area contributed by atoms with E-state index in [4.69, 9.17) is 14.2 Å². The second-order valence-corrected chi connectivity index (χ2v) is 5.55. The molecule has 0 aliphatic rings. The van der Waals surface area contributed by atoms with E-state index in [1.807, 2.05) is 0 Å². The van der Waals surface area contributed by atoms with Gasteiger partial charge in [-0.2, -0.15) is 0 Å². The predicted molar refractivity (Wildman–Crippen MR) is 94.5 cm³/mol. The van der Waals surface area contributed by atoms with Crippen LogP contribution in [0.2, 0.25) is 0 Å². The Labute approximate surface area is 147 Å². The normalized spacial score (nSPS) is 11.6. The summed E-state index contributed by atoms with van der Waals surface area (Å²) in [6.07, 6.45) is -0.816. The third kappa shape index (κ3) is 4.42. The zero-order chi connectivity index (χ0) is 18.4. The summed E-state index contributed by atoms with van der Waals surface area (Å²) < 4.78 is 15.6. The Morgan fingerprint density at radius 2 is 1.76 bits per heavy atom. The van der Waals surface area contributed by atoms with Crippen molar-refractivity contribution >= 4 is 5.91 Å². The number of likely N-dealkylation sites (N-methyl/N-ethyl adjacent to an activating group) is 1. The largest absolute Gasteiger partial charge is 0.497 e. The molecule has 134 valence electrons. The lowest BCUT2D eigenvalue weighted by Gasteiger charge is -2.22. The van der Waals surface area contributed by atoms with Gasteiger partial charge in [-0.25, -0.2) is 0 Å². The van der Waals surface area contributed by atoms with E-state index in [1.54, 1.807) is 56.6 Å². The molecule has 0 aliphatic heterocycles. The molecule has 1 atom stereocenters. The van der Waals surface area contributed by atoms with Crippen molar-refractivity contribution in [3.8, 4) is 17.2 Å². The molecule has 0 heterocycles. The summed E-state index contributed by atoms with van der Waals surface area (Å²) >= 11 is 0. The Morgan fingerprint density at radius 1 is 1.04 bits per heavy atom. The molecule has 1 N–H and O–H groups in total. The van der Waals surface area contributed by atoms with Crippen molar-refractivity contribution < 1.29 is 24.1 Å². The van der Waals surface area contributed by atoms with Crippen LogP contribution >= 0.6 is 0 Å². The molecule has 0 aromatic heterocycles. The fraction of sp³-hybridized carbons (Fsp3) is 0.316. The number of ether oxygens (including phenoxy) is 3. The number of aliphatic hydroxyl groups excluding tert-OH is 1. The first kappa shape index (κ1) is 18.6. The lowest BCUT2D eigenvalue weighted by molar-refractivity contribution is 0.0680. The maximum Gasteiger partial charge on any atom is 0.253 e. The van der Waals surface area contributed by atoms with Gasteiger partial charge >= 0.3 is 0 Å². The van der Waals surface area contributed by atoms with Crippen LogP contribution in [0.25, 0.3) is 0 Å². The molecule has 6 heteroatoms. The lowest BCUT2D eigenvalue weighted by Crippen LogP contribution is -2.31. The van der Waals surface area contributed by atoms with Crippen molar-refractivity contribution in [1.29, 1.82) is 0 Å². The highest BCUT2D eigenvalue weighted by Gasteiger charge is 2.18. The van der Waals surface area contributed by atoms with Gasteiger partial charge in [-0.05, 0) is 35.9 Å². The molecule has 0 aliphatic carbocycles. The number of aliphatic hydroxyl groups is 1. The Kier molecular flexibility index (Phi) is 6.25. The van der Waals surface area contributed by atoms with Crippen LogP contribution in [0.4, 0.5) is 0 Å². The Bertz CT molecular complexity index is 732. The zero-order valence-electron chi connectivity index (χ0n) is 14.9. The van der Waals surface area contributed by atoms with Gasteiger partial charge in [-0.3, -0.25) is 4.79 Å². The molecule has 0 radical (unpaired) electrons. The third-order valence-corrected chi connectivity index (χ3v) is 3.90. The van der Waals surface area contributed by atoms with Crippen LogP contribution in [-0.2, 0) is 0 Å². The van der Waals surface area contributed by atoms with E-state index in [2.05, 4.69) is 0 Å². The number of amides is 1. The van der Waals surface area contributed by atoms with Gasteiger partial charge in [0.25, 0.3) is 5.91 Å². The van der Waals surface area contributed by atoms with Crippen molar-refractivity contribution in [2.75, 3.05) is 34.9 Å². The van der Waals surface area contributed by atoms with Crippen LogP contribution < -0.4 is 14.2 Å². The summed E-state index contributed by atoms with van der Waals surface area (Å²) in [4.78, 5) is 14.1. The summed E-state index contributed by atoms with van der Waals surface area (Å²) in [5.74, 6) is 1.47. The standard InChI is InChI=1S/C19H23NO5/c1-20(12-16(21)13-6-5-7-15(10-13)23-2)19(22)14-8-9-17(24-3)18(11-14)25-4/h5-11,16,21H,12H2,1-4H3. The van der Waals surface area contributed by atoms with Gasteiger partial charge in [0.1, 0.15) is 5.75 Å². The van der Waals surface area contributed by atoms with Crippen LogP contribution in [0.1, 0.15) is 22.0 Å². The molecule has 0 fully saturated rings. The molecule has 2 aromatic rings. The molecule has 1 amide bonds. The van der Waals surface area contributed by atoms with E-state index >= 15 is 0 Å². The van der Waals surface area contributed by atoms with Crippen molar-refractivity contribution in [2.24, 2.45) is 0 Å². The van der Waals surface area contributed by atoms with Gasteiger partial charge in [-0.15, -0.1) is 0 Å². The first-order valence-corrected chi connectivity index (χ1v) is 7.79. The highest BCUT2D eigenvalue weighted by molar-refractivity contribution is 5.94. The number of methoxy groups -OCH3 is 3. The summed E-state index contributed by atoms with van der Waals surface area (Å²) in [5, 5.41) is 10.4. The van der Waals surface area contributed by atoms with Gasteiger partial charge in [0.2, 0.25) is 0 Å². The summed E-state index contributed by atoms with van der Waals surface area (Å²) in [6, 6.07) is 12.1. The van der Waals surface area contributed by atoms with Gasteiger partial charge < -0.3 is 24.2 Å². The molecule has 1 unspecified atom stereocenters. The fourth-order valence-electron chi connectivity index (χ4n) is 2.49. The Balaban J connectivity index is 2.11. The lowest BCUT2D eigenvalue weighted by atomic mass is 10.1. The maximum absolute atomic E-state index is 12.6. The van der Waals surface area contributed by atoms with E-state index in [1.165, 1.54) is 19.1 Å². The topological polar surface area (TPSA) is 68.2 Å². The Hall–Kier alpha value is -2.73. The number of rotatable bonds is 7. The SMILES string of the molecule is COc1cccc(C(O)CN(C)C(=O)c2ccc(OC)c(OC)c2)c1. The monoisotopic (exact) mass is 345 g/mol. The zero-order valence-corrected chi connectivity index (χ0v) is 14.9.